The Morgan fingerprint density at radius 3 is 1.97 bits per heavy atom. The molecule has 0 bridgehead atoms. The molecule has 1 fully saturated rings. The van der Waals surface area contributed by atoms with Gasteiger partial charge in [-0.25, -0.2) is 0 Å². The second-order valence-electron chi connectivity index (χ2n) is 7.44. The Hall–Kier alpha value is -3.34. The van der Waals surface area contributed by atoms with E-state index in [9.17, 15) is 9.59 Å². The molecule has 5 heteroatoms. The fourth-order valence-corrected chi connectivity index (χ4v) is 3.75. The van der Waals surface area contributed by atoms with E-state index in [1.807, 2.05) is 94.3 Å². The van der Waals surface area contributed by atoms with Crippen LogP contribution in [0.1, 0.15) is 32.7 Å². The number of amides is 2. The first-order chi connectivity index (χ1) is 14.1. The number of hydrogen-bond acceptors (Lipinski definition) is 2. The molecule has 29 heavy (non-hydrogen) atoms. The lowest BCUT2D eigenvalue weighted by molar-refractivity contribution is 0.0718. The molecule has 2 aromatic carbocycles. The van der Waals surface area contributed by atoms with Crippen LogP contribution in [0.15, 0.2) is 73.1 Å². The molecule has 0 spiro atoms. The number of nitrogens with zero attached hydrogens (tertiary/aromatic N) is 3. The van der Waals surface area contributed by atoms with Gasteiger partial charge in [-0.3, -0.25) is 9.59 Å². The summed E-state index contributed by atoms with van der Waals surface area (Å²) in [5.41, 5.74) is 3.49. The van der Waals surface area contributed by atoms with Crippen molar-refractivity contribution in [3.05, 3.63) is 89.7 Å². The fraction of sp³-hybridized carbons (Fsp3) is 0.250. The maximum absolute atomic E-state index is 13.0. The summed E-state index contributed by atoms with van der Waals surface area (Å²) >= 11 is 0. The van der Waals surface area contributed by atoms with Crippen LogP contribution >= 0.6 is 0 Å². The van der Waals surface area contributed by atoms with Crippen LogP contribution in [0.2, 0.25) is 0 Å². The third kappa shape index (κ3) is 4.24. The molecule has 2 amide bonds. The fourth-order valence-electron chi connectivity index (χ4n) is 3.75. The normalized spacial score (nSPS) is 14.5. The van der Waals surface area contributed by atoms with Crippen LogP contribution in [0.5, 0.6) is 0 Å². The van der Waals surface area contributed by atoms with E-state index in [0.717, 1.165) is 17.7 Å². The van der Waals surface area contributed by atoms with Crippen LogP contribution in [0, 0.1) is 6.92 Å². The lowest BCUT2D eigenvalue weighted by Gasteiger charge is -2.22. The van der Waals surface area contributed by atoms with Crippen molar-refractivity contribution in [1.29, 1.82) is 0 Å². The monoisotopic (exact) mass is 387 g/mol. The lowest BCUT2D eigenvalue weighted by atomic mass is 10.1. The number of aryl methyl sites for hydroxylation is 1. The van der Waals surface area contributed by atoms with Gasteiger partial charge in [-0.15, -0.1) is 0 Å². The molecular weight excluding hydrogens is 362 g/mol. The maximum Gasteiger partial charge on any atom is 0.253 e. The second-order valence-corrected chi connectivity index (χ2v) is 7.44. The van der Waals surface area contributed by atoms with E-state index in [0.29, 0.717) is 37.3 Å². The predicted molar refractivity (Wildman–Crippen MR) is 113 cm³/mol. The first kappa shape index (κ1) is 19.0. The van der Waals surface area contributed by atoms with E-state index < -0.39 is 0 Å². The van der Waals surface area contributed by atoms with Gasteiger partial charge in [0.15, 0.2) is 0 Å². The molecule has 1 aliphatic rings. The van der Waals surface area contributed by atoms with Crippen molar-refractivity contribution < 1.29 is 9.59 Å². The van der Waals surface area contributed by atoms with Crippen LogP contribution in [0.4, 0.5) is 0 Å². The first-order valence-corrected chi connectivity index (χ1v) is 10.0. The standard InChI is InChI=1S/C24H25N3O2/c1-19-6-4-7-21(18-19)24(29)27-15-5-14-26(16-17-27)23(28)20-8-10-22(11-9-20)25-12-2-3-13-25/h2-4,6-13,18H,5,14-17H2,1H3. The van der Waals surface area contributed by atoms with E-state index in [4.69, 9.17) is 0 Å². The van der Waals surface area contributed by atoms with Crippen molar-refractivity contribution in [2.45, 2.75) is 13.3 Å². The average molecular weight is 387 g/mol. The number of rotatable bonds is 3. The zero-order valence-corrected chi connectivity index (χ0v) is 16.6. The second kappa shape index (κ2) is 8.35. The lowest BCUT2D eigenvalue weighted by Crippen LogP contribution is -2.37. The van der Waals surface area contributed by atoms with Gasteiger partial charge in [-0.05, 0) is 61.9 Å². The molecule has 1 aromatic heterocycles. The number of aromatic nitrogens is 1. The largest absolute Gasteiger partial charge is 0.337 e. The highest BCUT2D eigenvalue weighted by Gasteiger charge is 2.23. The molecule has 3 aromatic rings. The Morgan fingerprint density at radius 1 is 0.724 bits per heavy atom. The van der Waals surface area contributed by atoms with E-state index in [2.05, 4.69) is 0 Å². The van der Waals surface area contributed by atoms with Gasteiger partial charge in [0.25, 0.3) is 11.8 Å². The van der Waals surface area contributed by atoms with Gasteiger partial charge < -0.3 is 14.4 Å². The molecule has 1 saturated heterocycles. The van der Waals surface area contributed by atoms with Crippen molar-refractivity contribution in [2.75, 3.05) is 26.2 Å². The first-order valence-electron chi connectivity index (χ1n) is 10.0. The maximum atomic E-state index is 13.0. The molecule has 4 rings (SSSR count). The number of hydrogen-bond donors (Lipinski definition) is 0. The minimum Gasteiger partial charge on any atom is -0.337 e. The van der Waals surface area contributed by atoms with E-state index >= 15 is 0 Å². The number of carbonyl (C=O) groups is 2. The third-order valence-corrected chi connectivity index (χ3v) is 5.35. The minimum absolute atomic E-state index is 0.0221. The Bertz CT molecular complexity index is 993. The SMILES string of the molecule is Cc1cccc(C(=O)N2CCCN(C(=O)c3ccc(-n4cccc4)cc3)CC2)c1. The summed E-state index contributed by atoms with van der Waals surface area (Å²) in [4.78, 5) is 29.5. The zero-order valence-electron chi connectivity index (χ0n) is 16.6. The van der Waals surface area contributed by atoms with Crippen LogP contribution in [0.25, 0.3) is 5.69 Å². The Balaban J connectivity index is 1.41. The van der Waals surface area contributed by atoms with E-state index in [1.165, 1.54) is 0 Å². The molecule has 2 heterocycles. The van der Waals surface area contributed by atoms with Gasteiger partial charge in [0, 0.05) is 55.4 Å². The van der Waals surface area contributed by atoms with Crippen LogP contribution < -0.4 is 0 Å². The summed E-state index contributed by atoms with van der Waals surface area (Å²) in [5, 5.41) is 0. The van der Waals surface area contributed by atoms with Gasteiger partial charge in [-0.2, -0.15) is 0 Å². The molecule has 1 aliphatic heterocycles. The Labute approximate surface area is 171 Å². The topological polar surface area (TPSA) is 45.6 Å². The highest BCUT2D eigenvalue weighted by Crippen LogP contribution is 2.15. The van der Waals surface area contributed by atoms with E-state index in [1.54, 1.807) is 0 Å². The molecular formula is C24H25N3O2. The van der Waals surface area contributed by atoms with Crippen LogP contribution in [0.3, 0.4) is 0 Å². The molecule has 0 radical (unpaired) electrons. The highest BCUT2D eigenvalue weighted by molar-refractivity contribution is 5.95. The summed E-state index contributed by atoms with van der Waals surface area (Å²) in [7, 11) is 0. The van der Waals surface area contributed by atoms with Crippen molar-refractivity contribution in [3.63, 3.8) is 0 Å². The van der Waals surface area contributed by atoms with Crippen molar-refractivity contribution in [2.24, 2.45) is 0 Å². The van der Waals surface area contributed by atoms with Gasteiger partial charge in [-0.1, -0.05) is 17.7 Å². The molecule has 0 atom stereocenters. The predicted octanol–water partition coefficient (Wildman–Crippen LogP) is 3.77. The van der Waals surface area contributed by atoms with Crippen molar-refractivity contribution in [3.8, 4) is 5.69 Å². The smallest absolute Gasteiger partial charge is 0.253 e. The summed E-state index contributed by atoms with van der Waals surface area (Å²) < 4.78 is 2.01. The summed E-state index contributed by atoms with van der Waals surface area (Å²) in [6, 6.07) is 19.3. The Kier molecular flexibility index (Phi) is 5.47. The van der Waals surface area contributed by atoms with Crippen LogP contribution in [-0.2, 0) is 0 Å². The van der Waals surface area contributed by atoms with E-state index in [-0.39, 0.29) is 11.8 Å². The quantitative estimate of drug-likeness (QED) is 0.687. The molecule has 0 unspecified atom stereocenters. The summed E-state index contributed by atoms with van der Waals surface area (Å²) in [5.74, 6) is 0.0629. The Morgan fingerprint density at radius 2 is 1.34 bits per heavy atom. The van der Waals surface area contributed by atoms with Crippen LogP contribution in [-0.4, -0.2) is 52.4 Å². The van der Waals surface area contributed by atoms with Gasteiger partial charge in [0.1, 0.15) is 0 Å². The highest BCUT2D eigenvalue weighted by atomic mass is 16.2. The van der Waals surface area contributed by atoms with Crippen molar-refractivity contribution >= 4 is 11.8 Å². The van der Waals surface area contributed by atoms with Gasteiger partial charge in [0.05, 0.1) is 0 Å². The van der Waals surface area contributed by atoms with Crippen molar-refractivity contribution in [1.82, 2.24) is 14.4 Å². The summed E-state index contributed by atoms with van der Waals surface area (Å²) in [6.45, 7) is 4.43. The van der Waals surface area contributed by atoms with Gasteiger partial charge in [0.2, 0.25) is 0 Å². The summed E-state index contributed by atoms with van der Waals surface area (Å²) in [6.07, 6.45) is 4.74. The third-order valence-electron chi connectivity index (χ3n) is 5.35. The average Bonchev–Trinajstić information content (AvgIpc) is 3.17. The van der Waals surface area contributed by atoms with Gasteiger partial charge >= 0.3 is 0 Å². The molecule has 5 nitrogen and oxygen atoms in total. The molecule has 148 valence electrons. The molecule has 0 N–H and O–H groups in total. The zero-order chi connectivity index (χ0) is 20.2. The molecule has 0 aliphatic carbocycles. The number of benzene rings is 2. The minimum atomic E-state index is 0.0221. The molecule has 0 saturated carbocycles. The number of carbonyl (C=O) groups excluding carboxylic acids is 2.